The van der Waals surface area contributed by atoms with Gasteiger partial charge in [0.25, 0.3) is 0 Å². The van der Waals surface area contributed by atoms with E-state index in [1.54, 1.807) is 0 Å². The number of nitrogens with zero attached hydrogens (tertiary/aromatic N) is 1. The first-order chi connectivity index (χ1) is 8.82. The molecule has 0 fully saturated rings. The number of hydrogen-bond acceptors (Lipinski definition) is 3. The molecule has 102 valence electrons. The Balaban J connectivity index is 2.69. The van der Waals surface area contributed by atoms with Crippen molar-refractivity contribution in [2.24, 2.45) is 5.84 Å². The van der Waals surface area contributed by atoms with Crippen molar-refractivity contribution in [2.75, 3.05) is 5.43 Å². The van der Waals surface area contributed by atoms with Gasteiger partial charge in [0, 0.05) is 11.1 Å². The molecule has 0 amide bonds. The minimum atomic E-state index is 0.122. The lowest BCUT2D eigenvalue weighted by atomic mass is 9.86. The van der Waals surface area contributed by atoms with Gasteiger partial charge in [-0.05, 0) is 35.1 Å². The molecule has 2 aromatic rings. The molecule has 0 aliphatic carbocycles. The first-order valence-electron chi connectivity index (χ1n) is 6.74. The van der Waals surface area contributed by atoms with Gasteiger partial charge in [-0.25, -0.2) is 0 Å². The summed E-state index contributed by atoms with van der Waals surface area (Å²) in [7, 11) is 0. The van der Waals surface area contributed by atoms with E-state index in [0.717, 1.165) is 22.3 Å². The lowest BCUT2D eigenvalue weighted by Crippen LogP contribution is -2.12. The number of hydrogen-bond donors (Lipinski definition) is 2. The second-order valence-corrected chi connectivity index (χ2v) is 6.38. The Labute approximate surface area is 115 Å². The van der Waals surface area contributed by atoms with E-state index in [1.165, 1.54) is 5.56 Å². The number of hydrazine groups is 1. The van der Waals surface area contributed by atoms with Crippen molar-refractivity contribution in [1.82, 2.24) is 4.98 Å². The Kier molecular flexibility index (Phi) is 3.50. The van der Waals surface area contributed by atoms with Crippen LogP contribution in [0, 0.1) is 0 Å². The van der Waals surface area contributed by atoms with Crippen LogP contribution in [0.3, 0.4) is 0 Å². The SMILES string of the molecule is CC(C)c1cc(NN)c2cc(C(C)(C)C)ccc2n1. The van der Waals surface area contributed by atoms with E-state index in [9.17, 15) is 0 Å². The molecule has 0 bridgehead atoms. The predicted molar refractivity (Wildman–Crippen MR) is 82.3 cm³/mol. The molecule has 2 rings (SSSR count). The van der Waals surface area contributed by atoms with E-state index in [1.807, 2.05) is 6.07 Å². The van der Waals surface area contributed by atoms with Crippen LogP contribution in [0.25, 0.3) is 10.9 Å². The van der Waals surface area contributed by atoms with Gasteiger partial charge in [0.05, 0.1) is 11.2 Å². The predicted octanol–water partition coefficient (Wildman–Crippen LogP) is 3.94. The number of nitrogens with one attached hydrogen (secondary N) is 1. The normalized spacial score (nSPS) is 12.2. The first-order valence-corrected chi connectivity index (χ1v) is 6.74. The quantitative estimate of drug-likeness (QED) is 0.633. The summed E-state index contributed by atoms with van der Waals surface area (Å²) in [5, 5.41) is 1.08. The van der Waals surface area contributed by atoms with Gasteiger partial charge in [0.2, 0.25) is 0 Å². The molecular weight excluding hydrogens is 234 g/mol. The monoisotopic (exact) mass is 257 g/mol. The maximum atomic E-state index is 5.67. The van der Waals surface area contributed by atoms with E-state index in [2.05, 4.69) is 58.2 Å². The minimum Gasteiger partial charge on any atom is -0.323 e. The van der Waals surface area contributed by atoms with Crippen LogP contribution >= 0.6 is 0 Å². The molecule has 0 saturated carbocycles. The second kappa shape index (κ2) is 4.82. The van der Waals surface area contributed by atoms with Crippen molar-refractivity contribution in [3.05, 3.63) is 35.5 Å². The molecule has 1 heterocycles. The van der Waals surface area contributed by atoms with Crippen LogP contribution in [-0.4, -0.2) is 4.98 Å². The summed E-state index contributed by atoms with van der Waals surface area (Å²) in [5.74, 6) is 6.05. The second-order valence-electron chi connectivity index (χ2n) is 6.38. The van der Waals surface area contributed by atoms with Crippen molar-refractivity contribution in [1.29, 1.82) is 0 Å². The molecule has 0 aliphatic rings. The maximum Gasteiger partial charge on any atom is 0.0726 e. The van der Waals surface area contributed by atoms with E-state index in [0.29, 0.717) is 5.92 Å². The molecule has 0 unspecified atom stereocenters. The highest BCUT2D eigenvalue weighted by atomic mass is 15.2. The van der Waals surface area contributed by atoms with Crippen molar-refractivity contribution in [3.63, 3.8) is 0 Å². The molecule has 3 heteroatoms. The van der Waals surface area contributed by atoms with E-state index in [4.69, 9.17) is 10.8 Å². The summed E-state index contributed by atoms with van der Waals surface area (Å²) in [6.45, 7) is 10.9. The molecule has 3 nitrogen and oxygen atoms in total. The molecule has 0 aliphatic heterocycles. The van der Waals surface area contributed by atoms with Crippen molar-refractivity contribution >= 4 is 16.6 Å². The molecule has 0 spiro atoms. The first kappa shape index (κ1) is 13.8. The lowest BCUT2D eigenvalue weighted by Gasteiger charge is -2.20. The molecular formula is C16H23N3. The Hall–Kier alpha value is -1.61. The van der Waals surface area contributed by atoms with Crippen LogP contribution < -0.4 is 11.3 Å². The average Bonchev–Trinajstić information content (AvgIpc) is 2.35. The van der Waals surface area contributed by atoms with Gasteiger partial charge in [-0.1, -0.05) is 40.7 Å². The standard InChI is InChI=1S/C16H23N3/c1-10(2)14-9-15(19-17)12-8-11(16(3,4)5)6-7-13(12)18-14/h6-10H,17H2,1-5H3,(H,18,19). The fourth-order valence-electron chi connectivity index (χ4n) is 2.13. The van der Waals surface area contributed by atoms with Gasteiger partial charge in [0.15, 0.2) is 0 Å². The topological polar surface area (TPSA) is 50.9 Å². The number of nitrogen functional groups attached to an aromatic ring is 1. The fraction of sp³-hybridized carbons (Fsp3) is 0.438. The van der Waals surface area contributed by atoms with Crippen molar-refractivity contribution in [3.8, 4) is 0 Å². The van der Waals surface area contributed by atoms with Crippen molar-refractivity contribution < 1.29 is 0 Å². The number of pyridine rings is 1. The van der Waals surface area contributed by atoms with Gasteiger partial charge in [-0.2, -0.15) is 0 Å². The third-order valence-electron chi connectivity index (χ3n) is 3.44. The third kappa shape index (κ3) is 2.71. The largest absolute Gasteiger partial charge is 0.323 e. The highest BCUT2D eigenvalue weighted by Gasteiger charge is 2.15. The summed E-state index contributed by atoms with van der Waals surface area (Å²) < 4.78 is 0. The third-order valence-corrected chi connectivity index (χ3v) is 3.44. The maximum absolute atomic E-state index is 5.67. The zero-order valence-corrected chi connectivity index (χ0v) is 12.4. The number of benzene rings is 1. The van der Waals surface area contributed by atoms with Gasteiger partial charge in [0.1, 0.15) is 0 Å². The molecule has 3 N–H and O–H groups in total. The van der Waals surface area contributed by atoms with Gasteiger partial charge in [-0.3, -0.25) is 10.8 Å². The summed E-state index contributed by atoms with van der Waals surface area (Å²) in [4.78, 5) is 4.71. The van der Waals surface area contributed by atoms with Crippen LogP contribution in [-0.2, 0) is 5.41 Å². The van der Waals surface area contributed by atoms with E-state index >= 15 is 0 Å². The number of nitrogens with two attached hydrogens (primary N) is 1. The molecule has 0 atom stereocenters. The summed E-state index contributed by atoms with van der Waals surface area (Å²) in [6, 6.07) is 8.46. The van der Waals surface area contributed by atoms with Crippen LogP contribution in [0.1, 0.15) is 51.8 Å². The van der Waals surface area contributed by atoms with Crippen LogP contribution in [0.15, 0.2) is 24.3 Å². The summed E-state index contributed by atoms with van der Waals surface area (Å²) >= 11 is 0. The van der Waals surface area contributed by atoms with E-state index < -0.39 is 0 Å². The molecule has 0 saturated heterocycles. The van der Waals surface area contributed by atoms with Crippen molar-refractivity contribution in [2.45, 2.75) is 46.0 Å². The Bertz CT molecular complexity index is 595. The zero-order valence-electron chi connectivity index (χ0n) is 12.4. The average molecular weight is 257 g/mol. The number of aromatic nitrogens is 1. The lowest BCUT2D eigenvalue weighted by molar-refractivity contribution is 0.591. The molecule has 1 aromatic heterocycles. The number of fused-ring (bicyclic) bond motifs is 1. The smallest absolute Gasteiger partial charge is 0.0726 e. The van der Waals surface area contributed by atoms with Gasteiger partial charge < -0.3 is 5.43 Å². The van der Waals surface area contributed by atoms with Crippen LogP contribution in [0.5, 0.6) is 0 Å². The Morgan fingerprint density at radius 2 is 1.84 bits per heavy atom. The Morgan fingerprint density at radius 1 is 1.16 bits per heavy atom. The highest BCUT2D eigenvalue weighted by Crippen LogP contribution is 2.30. The molecule has 19 heavy (non-hydrogen) atoms. The molecule has 0 radical (unpaired) electrons. The van der Waals surface area contributed by atoms with Gasteiger partial charge in [-0.15, -0.1) is 0 Å². The van der Waals surface area contributed by atoms with E-state index in [-0.39, 0.29) is 5.41 Å². The molecule has 1 aromatic carbocycles. The fourth-order valence-corrected chi connectivity index (χ4v) is 2.13. The Morgan fingerprint density at radius 3 is 2.37 bits per heavy atom. The van der Waals surface area contributed by atoms with Gasteiger partial charge >= 0.3 is 0 Å². The minimum absolute atomic E-state index is 0.122. The van der Waals surface area contributed by atoms with Crippen LogP contribution in [0.4, 0.5) is 5.69 Å². The zero-order chi connectivity index (χ0) is 14.2. The summed E-state index contributed by atoms with van der Waals surface area (Å²) in [5.41, 5.74) is 7.21. The number of anilines is 1. The summed E-state index contributed by atoms with van der Waals surface area (Å²) in [6.07, 6.45) is 0. The van der Waals surface area contributed by atoms with Crippen LogP contribution in [0.2, 0.25) is 0 Å². The highest BCUT2D eigenvalue weighted by molar-refractivity contribution is 5.92. The number of rotatable bonds is 2.